The van der Waals surface area contributed by atoms with E-state index in [4.69, 9.17) is 14.7 Å². The van der Waals surface area contributed by atoms with Gasteiger partial charge in [-0.1, -0.05) is 18.2 Å². The summed E-state index contributed by atoms with van der Waals surface area (Å²) >= 11 is 0. The molecule has 0 bridgehead atoms. The van der Waals surface area contributed by atoms with Gasteiger partial charge in [-0.3, -0.25) is 10.0 Å². The van der Waals surface area contributed by atoms with Gasteiger partial charge in [-0.25, -0.2) is 13.9 Å². The number of morpholine rings is 1. The van der Waals surface area contributed by atoms with E-state index in [1.54, 1.807) is 24.3 Å². The number of rotatable bonds is 5. The lowest BCUT2D eigenvalue weighted by molar-refractivity contribution is -0.137. The molecule has 1 amide bonds. The molecule has 8 nitrogen and oxygen atoms in total. The van der Waals surface area contributed by atoms with Gasteiger partial charge < -0.3 is 9.47 Å². The molecule has 2 N–H and O–H groups in total. The van der Waals surface area contributed by atoms with Crippen LogP contribution in [0.2, 0.25) is 0 Å². The second kappa shape index (κ2) is 7.83. The third kappa shape index (κ3) is 3.86. The van der Waals surface area contributed by atoms with Crippen molar-refractivity contribution in [3.8, 4) is 11.5 Å². The van der Waals surface area contributed by atoms with Crippen molar-refractivity contribution in [2.75, 3.05) is 19.8 Å². The molecule has 1 saturated heterocycles. The molecule has 1 heterocycles. The number of para-hydroxylation sites is 1. The summed E-state index contributed by atoms with van der Waals surface area (Å²) in [5.74, 6) is 0.287. The van der Waals surface area contributed by atoms with Crippen molar-refractivity contribution in [3.05, 3.63) is 54.6 Å². The van der Waals surface area contributed by atoms with Gasteiger partial charge in [-0.2, -0.15) is 4.31 Å². The smallest absolute Gasteiger partial charge is 0.264 e. The molecule has 138 valence electrons. The first-order chi connectivity index (χ1) is 12.5. The molecule has 2 aromatic rings. The average Bonchev–Trinajstić information content (AvgIpc) is 2.68. The van der Waals surface area contributed by atoms with Crippen molar-refractivity contribution < 1.29 is 27.9 Å². The zero-order valence-electron chi connectivity index (χ0n) is 13.7. The zero-order valence-corrected chi connectivity index (χ0v) is 14.6. The first kappa shape index (κ1) is 18.3. The number of hydrogen-bond acceptors (Lipinski definition) is 6. The summed E-state index contributed by atoms with van der Waals surface area (Å²) in [5.41, 5.74) is 1.48. The molecule has 1 aliphatic heterocycles. The molecule has 0 saturated carbocycles. The van der Waals surface area contributed by atoms with Crippen molar-refractivity contribution >= 4 is 15.9 Å². The van der Waals surface area contributed by atoms with E-state index in [0.29, 0.717) is 11.5 Å². The number of benzene rings is 2. The highest BCUT2D eigenvalue weighted by Gasteiger charge is 2.38. The van der Waals surface area contributed by atoms with E-state index >= 15 is 0 Å². The normalized spacial score (nSPS) is 18.3. The lowest BCUT2D eigenvalue weighted by atomic mass is 10.3. The Labute approximate surface area is 151 Å². The molecule has 1 atom stereocenters. The molecule has 3 rings (SSSR count). The maximum atomic E-state index is 12.9. The quantitative estimate of drug-likeness (QED) is 0.601. The Morgan fingerprint density at radius 3 is 2.42 bits per heavy atom. The number of hydrogen-bond donors (Lipinski definition) is 2. The molecule has 26 heavy (non-hydrogen) atoms. The van der Waals surface area contributed by atoms with Gasteiger partial charge in [0.15, 0.2) is 0 Å². The Balaban J connectivity index is 1.81. The minimum absolute atomic E-state index is 0.0166. The Hall–Kier alpha value is -2.46. The van der Waals surface area contributed by atoms with E-state index in [1.807, 2.05) is 18.2 Å². The fraction of sp³-hybridized carbons (Fsp3) is 0.235. The molecular formula is C17H18N2O6S. The van der Waals surface area contributed by atoms with Crippen molar-refractivity contribution in [2.24, 2.45) is 0 Å². The number of sulfonamides is 1. The van der Waals surface area contributed by atoms with Crippen LogP contribution in [0.3, 0.4) is 0 Å². The first-order valence-corrected chi connectivity index (χ1v) is 9.33. The minimum atomic E-state index is -3.93. The van der Waals surface area contributed by atoms with Crippen LogP contribution in [0.15, 0.2) is 59.5 Å². The van der Waals surface area contributed by atoms with Crippen LogP contribution in [-0.4, -0.2) is 49.6 Å². The Bertz CT molecular complexity index is 855. The van der Waals surface area contributed by atoms with Crippen LogP contribution in [-0.2, 0) is 19.6 Å². The first-order valence-electron chi connectivity index (χ1n) is 7.89. The van der Waals surface area contributed by atoms with Crippen molar-refractivity contribution in [3.63, 3.8) is 0 Å². The number of ether oxygens (including phenoxy) is 2. The molecule has 1 fully saturated rings. The maximum Gasteiger partial charge on any atom is 0.264 e. The van der Waals surface area contributed by atoms with Crippen LogP contribution in [0, 0.1) is 0 Å². The highest BCUT2D eigenvalue weighted by atomic mass is 32.2. The van der Waals surface area contributed by atoms with Gasteiger partial charge in [0.25, 0.3) is 5.91 Å². The van der Waals surface area contributed by atoms with E-state index < -0.39 is 22.0 Å². The summed E-state index contributed by atoms with van der Waals surface area (Å²) in [6.07, 6.45) is 0. The van der Waals surface area contributed by atoms with E-state index in [1.165, 1.54) is 17.6 Å². The summed E-state index contributed by atoms with van der Waals surface area (Å²) in [6.45, 7) is 0.0627. The lowest BCUT2D eigenvalue weighted by Gasteiger charge is -2.32. The van der Waals surface area contributed by atoms with Crippen molar-refractivity contribution in [1.29, 1.82) is 0 Å². The largest absolute Gasteiger partial charge is 0.457 e. The Morgan fingerprint density at radius 1 is 1.12 bits per heavy atom. The van der Waals surface area contributed by atoms with Gasteiger partial charge in [0.05, 0.1) is 18.1 Å². The minimum Gasteiger partial charge on any atom is -0.457 e. The van der Waals surface area contributed by atoms with Gasteiger partial charge >= 0.3 is 0 Å². The van der Waals surface area contributed by atoms with Crippen molar-refractivity contribution in [1.82, 2.24) is 9.79 Å². The van der Waals surface area contributed by atoms with Crippen LogP contribution in [0.5, 0.6) is 11.5 Å². The third-order valence-corrected chi connectivity index (χ3v) is 5.82. The lowest BCUT2D eigenvalue weighted by Crippen LogP contribution is -2.55. The third-order valence-electron chi connectivity index (χ3n) is 3.90. The molecule has 0 aromatic heterocycles. The van der Waals surface area contributed by atoms with Gasteiger partial charge in [-0.15, -0.1) is 0 Å². The SMILES string of the molecule is O=C(NO)[C@H]1COCCN1S(=O)(=O)c1ccc(Oc2ccccc2)cc1. The summed E-state index contributed by atoms with van der Waals surface area (Å²) in [6, 6.07) is 13.9. The summed E-state index contributed by atoms with van der Waals surface area (Å²) in [5, 5.41) is 8.82. The summed E-state index contributed by atoms with van der Waals surface area (Å²) in [7, 11) is -3.93. The van der Waals surface area contributed by atoms with Crippen LogP contribution in [0.1, 0.15) is 0 Å². The summed E-state index contributed by atoms with van der Waals surface area (Å²) in [4.78, 5) is 11.8. The van der Waals surface area contributed by atoms with E-state index in [9.17, 15) is 13.2 Å². The maximum absolute atomic E-state index is 12.9. The molecule has 0 aliphatic carbocycles. The molecule has 1 aliphatic rings. The second-order valence-corrected chi connectivity index (χ2v) is 7.46. The molecule has 0 spiro atoms. The molecule has 2 aromatic carbocycles. The fourth-order valence-corrected chi connectivity index (χ4v) is 4.15. The van der Waals surface area contributed by atoms with Crippen LogP contribution >= 0.6 is 0 Å². The predicted octanol–water partition coefficient (Wildman–Crippen LogP) is 1.37. The fourth-order valence-electron chi connectivity index (χ4n) is 2.60. The highest BCUT2D eigenvalue weighted by Crippen LogP contribution is 2.25. The Kier molecular flexibility index (Phi) is 5.52. The topological polar surface area (TPSA) is 105 Å². The number of nitrogens with one attached hydrogen (secondary N) is 1. The zero-order chi connectivity index (χ0) is 18.6. The van der Waals surface area contributed by atoms with Gasteiger partial charge in [0.1, 0.15) is 17.5 Å². The molecule has 0 radical (unpaired) electrons. The standard InChI is InChI=1S/C17H18N2O6S/c20-17(18-21)16-12-24-11-10-19(16)26(22,23)15-8-6-14(7-9-15)25-13-4-2-1-3-5-13/h1-9,16,21H,10-12H2,(H,18,20)/t16-/m1/s1. The van der Waals surface area contributed by atoms with Crippen LogP contribution < -0.4 is 10.2 Å². The number of amides is 1. The van der Waals surface area contributed by atoms with Crippen molar-refractivity contribution in [2.45, 2.75) is 10.9 Å². The van der Waals surface area contributed by atoms with Gasteiger partial charge in [0, 0.05) is 6.54 Å². The van der Waals surface area contributed by atoms with Crippen LogP contribution in [0.25, 0.3) is 0 Å². The molecule has 0 unspecified atom stereocenters. The van der Waals surface area contributed by atoms with Gasteiger partial charge in [-0.05, 0) is 36.4 Å². The average molecular weight is 378 g/mol. The number of hydroxylamine groups is 1. The number of carbonyl (C=O) groups is 1. The molecule has 9 heteroatoms. The number of nitrogens with zero attached hydrogens (tertiary/aromatic N) is 1. The van der Waals surface area contributed by atoms with Gasteiger partial charge in [0.2, 0.25) is 10.0 Å². The van der Waals surface area contributed by atoms with E-state index in [0.717, 1.165) is 4.31 Å². The van der Waals surface area contributed by atoms with E-state index in [-0.39, 0.29) is 24.7 Å². The number of carbonyl (C=O) groups excluding carboxylic acids is 1. The van der Waals surface area contributed by atoms with Crippen LogP contribution in [0.4, 0.5) is 0 Å². The second-order valence-electron chi connectivity index (χ2n) is 5.57. The molecular weight excluding hydrogens is 360 g/mol. The summed E-state index contributed by atoms with van der Waals surface area (Å²) < 4.78 is 37.5. The monoisotopic (exact) mass is 378 g/mol. The van der Waals surface area contributed by atoms with E-state index in [2.05, 4.69) is 0 Å². The Morgan fingerprint density at radius 2 is 1.77 bits per heavy atom. The predicted molar refractivity (Wildman–Crippen MR) is 91.4 cm³/mol. The highest BCUT2D eigenvalue weighted by molar-refractivity contribution is 7.89.